The number of nitrogens with zero attached hydrogens (tertiary/aromatic N) is 7. The van der Waals surface area contributed by atoms with Gasteiger partial charge in [-0.05, 0) is 74.3 Å². The molecule has 5 aromatic rings. The number of oxazole rings is 1. The summed E-state index contributed by atoms with van der Waals surface area (Å²) in [7, 11) is 3.95. The molecule has 2 aromatic carbocycles. The van der Waals surface area contributed by atoms with Gasteiger partial charge in [-0.25, -0.2) is 14.8 Å². The van der Waals surface area contributed by atoms with Crippen molar-refractivity contribution in [2.24, 2.45) is 13.0 Å². The van der Waals surface area contributed by atoms with E-state index in [0.29, 0.717) is 65.7 Å². The zero-order valence-corrected chi connectivity index (χ0v) is 30.4. The van der Waals surface area contributed by atoms with Crippen LogP contribution in [0.2, 0.25) is 0 Å². The number of likely N-dealkylation sites (N-methyl/N-ethyl adjacent to an activating group) is 1. The first-order valence-electron chi connectivity index (χ1n) is 17.2. The van der Waals surface area contributed by atoms with Crippen LogP contribution in [0.4, 0.5) is 18.9 Å². The van der Waals surface area contributed by atoms with Gasteiger partial charge in [0.15, 0.2) is 11.4 Å². The van der Waals surface area contributed by atoms with E-state index in [9.17, 15) is 33.1 Å². The molecule has 55 heavy (non-hydrogen) atoms. The predicted octanol–water partition coefficient (Wildman–Crippen LogP) is 5.56. The van der Waals surface area contributed by atoms with Gasteiger partial charge in [0.1, 0.15) is 11.6 Å². The molecular weight excluding hydrogens is 721 g/mol. The molecule has 3 N–H and O–H groups in total. The summed E-state index contributed by atoms with van der Waals surface area (Å²) in [5.41, 5.74) is 9.15. The Morgan fingerprint density at radius 1 is 1.04 bits per heavy atom. The molecule has 2 aliphatic heterocycles. The van der Waals surface area contributed by atoms with Crippen molar-refractivity contribution in [3.05, 3.63) is 82.2 Å². The van der Waals surface area contributed by atoms with Crippen LogP contribution < -0.4 is 5.32 Å². The van der Waals surface area contributed by atoms with Gasteiger partial charge < -0.3 is 29.4 Å². The van der Waals surface area contributed by atoms with E-state index in [-0.39, 0.29) is 11.8 Å². The number of carbonyl (C=O) groups is 3. The summed E-state index contributed by atoms with van der Waals surface area (Å²) < 4.78 is 39.8. The molecule has 14 nitrogen and oxygen atoms in total. The number of carboxylic acids is 2. The maximum Gasteiger partial charge on any atom is 0.490 e. The lowest BCUT2D eigenvalue weighted by molar-refractivity contribution is -0.192. The number of hydrogen-bond donors (Lipinski definition) is 3. The molecule has 286 valence electrons. The van der Waals surface area contributed by atoms with Crippen molar-refractivity contribution >= 4 is 34.6 Å². The molecule has 17 heteroatoms. The van der Waals surface area contributed by atoms with Crippen LogP contribution in [0.3, 0.4) is 0 Å². The number of nitrogens with one attached hydrogen (secondary N) is 1. The number of imidazole rings is 1. The summed E-state index contributed by atoms with van der Waals surface area (Å²) in [6.45, 7) is 7.29. The van der Waals surface area contributed by atoms with Gasteiger partial charge in [0.25, 0.3) is 5.91 Å². The van der Waals surface area contributed by atoms with E-state index >= 15 is 0 Å². The van der Waals surface area contributed by atoms with Crippen LogP contribution in [-0.4, -0.2) is 90.2 Å². The van der Waals surface area contributed by atoms with Gasteiger partial charge in [-0.3, -0.25) is 19.5 Å². The second kappa shape index (κ2) is 15.3. The number of nitriles is 1. The third-order valence-electron chi connectivity index (χ3n) is 9.91. The Balaban J connectivity index is 0.000000672. The van der Waals surface area contributed by atoms with Gasteiger partial charge in [-0.2, -0.15) is 18.4 Å². The minimum absolute atomic E-state index is 0.260. The lowest BCUT2D eigenvalue weighted by atomic mass is 9.95. The molecule has 0 spiro atoms. The summed E-state index contributed by atoms with van der Waals surface area (Å²) in [5.74, 6) is -3.43. The summed E-state index contributed by atoms with van der Waals surface area (Å²) in [6, 6.07) is 11.7. The number of aliphatic carboxylic acids is 2. The van der Waals surface area contributed by atoms with Crippen molar-refractivity contribution in [1.29, 1.82) is 5.26 Å². The minimum Gasteiger partial charge on any atom is -0.481 e. The number of benzene rings is 2. The fraction of sp³-hybridized carbons (Fsp3) is 0.342. The third-order valence-corrected chi connectivity index (χ3v) is 9.91. The highest BCUT2D eigenvalue weighted by Crippen LogP contribution is 2.36. The first-order valence-corrected chi connectivity index (χ1v) is 17.2. The van der Waals surface area contributed by atoms with Crippen molar-refractivity contribution in [2.75, 3.05) is 32.0 Å². The van der Waals surface area contributed by atoms with E-state index in [1.54, 1.807) is 18.5 Å². The Morgan fingerprint density at radius 2 is 1.76 bits per heavy atom. The SMILES string of the molecule is Cc1c(NC(=O)c2nc3c(n2C)CCN(C)C3)cccc1-c1cncc(-c2nc3cc(CN4CC[C@@H](C(=O)O)C4)cc(C#N)c3o2)c1C.O=C(O)C(F)(F)F. The molecule has 0 unspecified atom stereocenters. The monoisotopic (exact) mass is 758 g/mol. The Bertz CT molecular complexity index is 2360. The summed E-state index contributed by atoms with van der Waals surface area (Å²) in [6.07, 6.45) is -0.129. The molecular formula is C38H37F3N8O6. The number of pyridine rings is 1. The minimum atomic E-state index is -5.08. The number of aromatic nitrogens is 4. The number of carbonyl (C=O) groups excluding carboxylic acids is 1. The molecule has 1 saturated heterocycles. The molecule has 0 radical (unpaired) electrons. The first kappa shape index (κ1) is 38.6. The summed E-state index contributed by atoms with van der Waals surface area (Å²) >= 11 is 0. The van der Waals surface area contributed by atoms with Crippen LogP contribution >= 0.6 is 0 Å². The average molecular weight is 759 g/mol. The van der Waals surface area contributed by atoms with Gasteiger partial charge in [0.05, 0.1) is 22.7 Å². The van der Waals surface area contributed by atoms with Gasteiger partial charge in [0.2, 0.25) is 5.89 Å². The topological polar surface area (TPSA) is 191 Å². The van der Waals surface area contributed by atoms with Crippen LogP contribution in [0.15, 0.2) is 47.1 Å². The molecule has 1 fully saturated rings. The molecule has 0 bridgehead atoms. The highest BCUT2D eigenvalue weighted by Gasteiger charge is 2.38. The number of amides is 1. The van der Waals surface area contributed by atoms with Crippen molar-refractivity contribution in [3.8, 4) is 28.7 Å². The molecule has 5 heterocycles. The van der Waals surface area contributed by atoms with Crippen LogP contribution in [0.1, 0.15) is 50.7 Å². The van der Waals surface area contributed by atoms with Crippen LogP contribution in [0.5, 0.6) is 0 Å². The van der Waals surface area contributed by atoms with Gasteiger partial charge in [0, 0.05) is 69.0 Å². The van der Waals surface area contributed by atoms with Crippen LogP contribution in [0.25, 0.3) is 33.7 Å². The Hall–Kier alpha value is -6.12. The predicted molar refractivity (Wildman–Crippen MR) is 193 cm³/mol. The van der Waals surface area contributed by atoms with Crippen molar-refractivity contribution < 1.29 is 42.2 Å². The summed E-state index contributed by atoms with van der Waals surface area (Å²) in [5, 5.41) is 29.5. The van der Waals surface area contributed by atoms with E-state index in [0.717, 1.165) is 58.7 Å². The smallest absolute Gasteiger partial charge is 0.481 e. The van der Waals surface area contributed by atoms with Gasteiger partial charge in [-0.15, -0.1) is 0 Å². The van der Waals surface area contributed by atoms with E-state index in [1.165, 1.54) is 0 Å². The van der Waals surface area contributed by atoms with Gasteiger partial charge in [-0.1, -0.05) is 12.1 Å². The molecule has 7 rings (SSSR count). The zero-order valence-electron chi connectivity index (χ0n) is 30.4. The third kappa shape index (κ3) is 8.05. The number of alkyl halides is 3. The number of rotatable bonds is 7. The maximum atomic E-state index is 13.4. The van der Waals surface area contributed by atoms with Gasteiger partial charge >= 0.3 is 18.1 Å². The van der Waals surface area contributed by atoms with E-state index in [2.05, 4.69) is 38.2 Å². The lowest BCUT2D eigenvalue weighted by Crippen LogP contribution is -2.27. The molecule has 0 saturated carbocycles. The molecule has 1 atom stereocenters. The first-order chi connectivity index (χ1) is 26.0. The largest absolute Gasteiger partial charge is 0.490 e. The van der Waals surface area contributed by atoms with Crippen LogP contribution in [-0.2, 0) is 36.1 Å². The second-order valence-corrected chi connectivity index (χ2v) is 13.7. The Kier molecular flexibility index (Phi) is 10.8. The average Bonchev–Trinajstić information content (AvgIpc) is 3.86. The molecule has 1 amide bonds. The number of anilines is 1. The normalized spacial score (nSPS) is 15.9. The van der Waals surface area contributed by atoms with E-state index < -0.39 is 18.1 Å². The fourth-order valence-electron chi connectivity index (χ4n) is 6.93. The quantitative estimate of drug-likeness (QED) is 0.188. The van der Waals surface area contributed by atoms with Crippen molar-refractivity contribution in [1.82, 2.24) is 29.3 Å². The fourth-order valence-corrected chi connectivity index (χ4v) is 6.93. The van der Waals surface area contributed by atoms with Crippen molar-refractivity contribution in [3.63, 3.8) is 0 Å². The second-order valence-electron chi connectivity index (χ2n) is 13.7. The number of fused-ring (bicyclic) bond motifs is 2. The highest BCUT2D eigenvalue weighted by atomic mass is 19.4. The standard InChI is InChI=1S/C36H36N8O4.C2HF3O2/c1-20-26(25-6-5-7-28(21(25)2)40-34(45)33-39-30-19-42(3)10-9-31(30)43(33)4)15-38-16-27(20)35-41-29-13-22(12-24(14-37)32(29)48-35)17-44-11-8-23(18-44)36(46)47;3-2(4,5)1(6)7/h5-7,12-13,15-16,23H,8-11,17-19H2,1-4H3,(H,40,45)(H,46,47);(H,6,7)/t23-;/m1./s1. The summed E-state index contributed by atoms with van der Waals surface area (Å²) in [4.78, 5) is 52.0. The number of likely N-dealkylation sites (tertiary alicyclic amines) is 1. The molecule has 2 aliphatic rings. The maximum absolute atomic E-state index is 13.4. The van der Waals surface area contributed by atoms with E-state index in [4.69, 9.17) is 19.3 Å². The van der Waals surface area contributed by atoms with Crippen LogP contribution in [0, 0.1) is 31.1 Å². The van der Waals surface area contributed by atoms with E-state index in [1.807, 2.05) is 49.7 Å². The Labute approximate surface area is 312 Å². The van der Waals surface area contributed by atoms with Crippen molar-refractivity contribution in [2.45, 2.75) is 46.0 Å². The number of hydrogen-bond acceptors (Lipinski definition) is 10. The molecule has 3 aromatic heterocycles. The number of carboxylic acid groups (broad SMARTS) is 2. The lowest BCUT2D eigenvalue weighted by Gasteiger charge is -2.21. The highest BCUT2D eigenvalue weighted by molar-refractivity contribution is 6.03. The zero-order chi connectivity index (χ0) is 39.8. The Morgan fingerprint density at radius 3 is 2.44 bits per heavy atom. The molecule has 0 aliphatic carbocycles. The number of halogens is 3.